The van der Waals surface area contributed by atoms with Crippen molar-refractivity contribution in [2.24, 2.45) is 0 Å². The van der Waals surface area contributed by atoms with Crippen molar-refractivity contribution in [3.8, 4) is 0 Å². The van der Waals surface area contributed by atoms with Gasteiger partial charge in [-0.3, -0.25) is 9.59 Å². The molecule has 0 fully saturated rings. The molecule has 0 aliphatic heterocycles. The number of rotatable bonds is 9. The lowest BCUT2D eigenvalue weighted by Crippen LogP contribution is -2.46. The smallest absolute Gasteiger partial charge is 0.372 e. The molecule has 0 aliphatic carbocycles. The van der Waals surface area contributed by atoms with E-state index in [1.54, 1.807) is 31.2 Å². The number of benzene rings is 1. The number of nitrogens with zero attached hydrogens (tertiary/aromatic N) is 1. The number of amides is 2. The molecule has 0 heterocycles. The fraction of sp³-hybridized carbons (Fsp3) is 0.529. The Kier molecular flexibility index (Phi) is 8.40. The lowest BCUT2D eigenvalue weighted by atomic mass is 10.2. The van der Waals surface area contributed by atoms with Gasteiger partial charge in [0.05, 0.1) is 13.0 Å². The molecule has 25 heavy (non-hydrogen) atoms. The number of carbonyl (C=O) groups is 2. The Labute approximate surface area is 145 Å². The van der Waals surface area contributed by atoms with Gasteiger partial charge in [-0.05, 0) is 25.5 Å². The lowest BCUT2D eigenvalue weighted by molar-refractivity contribution is -0.175. The Morgan fingerprint density at radius 2 is 1.88 bits per heavy atom. The highest BCUT2D eigenvalue weighted by Gasteiger charge is 2.28. The highest BCUT2D eigenvalue weighted by atomic mass is 19.4. The van der Waals surface area contributed by atoms with E-state index >= 15 is 0 Å². The van der Waals surface area contributed by atoms with E-state index in [2.05, 4.69) is 10.1 Å². The summed E-state index contributed by atoms with van der Waals surface area (Å²) in [6.07, 6.45) is -4.01. The number of nitrogens with one attached hydrogen (secondary N) is 1. The van der Waals surface area contributed by atoms with Gasteiger partial charge in [-0.15, -0.1) is 0 Å². The summed E-state index contributed by atoms with van der Waals surface area (Å²) in [5.74, 6) is -0.774. The maximum absolute atomic E-state index is 12.3. The maximum Gasteiger partial charge on any atom is 0.411 e. The number of anilines is 1. The molecule has 0 radical (unpaired) electrons. The Balaban J connectivity index is 2.57. The molecule has 2 amide bonds. The quantitative estimate of drug-likeness (QED) is 0.688. The molecule has 1 N–H and O–H groups in total. The predicted octanol–water partition coefficient (Wildman–Crippen LogP) is 3.22. The first kappa shape index (κ1) is 21.0. The van der Waals surface area contributed by atoms with E-state index in [1.165, 1.54) is 4.90 Å². The Bertz CT molecular complexity index is 550. The number of hydrogen-bond donors (Lipinski definition) is 1. The number of carbonyl (C=O) groups excluding carboxylic acids is 2. The molecule has 1 unspecified atom stereocenters. The molecule has 1 aromatic carbocycles. The third-order valence-electron chi connectivity index (χ3n) is 3.40. The van der Waals surface area contributed by atoms with E-state index in [-0.39, 0.29) is 18.9 Å². The van der Waals surface area contributed by atoms with Crippen LogP contribution in [0.2, 0.25) is 0 Å². The van der Waals surface area contributed by atoms with Gasteiger partial charge in [-0.2, -0.15) is 13.2 Å². The molecule has 0 bridgehead atoms. The third kappa shape index (κ3) is 8.02. The van der Waals surface area contributed by atoms with Crippen molar-refractivity contribution in [2.75, 3.05) is 25.1 Å². The summed E-state index contributed by atoms with van der Waals surface area (Å²) in [4.78, 5) is 25.9. The minimum Gasteiger partial charge on any atom is -0.372 e. The van der Waals surface area contributed by atoms with Gasteiger partial charge >= 0.3 is 6.18 Å². The van der Waals surface area contributed by atoms with E-state index in [0.717, 1.165) is 0 Å². The first-order valence-electron chi connectivity index (χ1n) is 8.04. The van der Waals surface area contributed by atoms with Crippen LogP contribution >= 0.6 is 0 Å². The molecule has 0 aliphatic rings. The first-order valence-corrected chi connectivity index (χ1v) is 8.04. The SMILES string of the molecule is CCCN(C(=O)CCOCC(F)(F)F)C(C)C(=O)Nc1ccccc1. The summed E-state index contributed by atoms with van der Waals surface area (Å²) in [7, 11) is 0. The molecule has 0 spiro atoms. The molecule has 140 valence electrons. The fourth-order valence-electron chi connectivity index (χ4n) is 2.18. The number of para-hydroxylation sites is 1. The van der Waals surface area contributed by atoms with Crippen LogP contribution in [0.1, 0.15) is 26.7 Å². The molecule has 1 rings (SSSR count). The van der Waals surface area contributed by atoms with Gasteiger partial charge < -0.3 is 15.0 Å². The Morgan fingerprint density at radius 3 is 2.44 bits per heavy atom. The molecule has 8 heteroatoms. The Morgan fingerprint density at radius 1 is 1.24 bits per heavy atom. The largest absolute Gasteiger partial charge is 0.411 e. The summed E-state index contributed by atoms with van der Waals surface area (Å²) < 4.78 is 40.5. The summed E-state index contributed by atoms with van der Waals surface area (Å²) >= 11 is 0. The number of hydrogen-bond acceptors (Lipinski definition) is 3. The van der Waals surface area contributed by atoms with Crippen molar-refractivity contribution in [3.63, 3.8) is 0 Å². The van der Waals surface area contributed by atoms with Crippen LogP contribution in [0.3, 0.4) is 0 Å². The average Bonchev–Trinajstić information content (AvgIpc) is 2.55. The second-order valence-corrected chi connectivity index (χ2v) is 5.54. The standard InChI is InChI=1S/C17H23F3N2O3/c1-3-10-22(15(23)9-11-25-12-17(18,19)20)13(2)16(24)21-14-7-5-4-6-8-14/h4-8,13H,3,9-12H2,1-2H3,(H,21,24). The summed E-state index contributed by atoms with van der Waals surface area (Å²) in [6, 6.07) is 8.06. The zero-order valence-corrected chi connectivity index (χ0v) is 14.3. The molecule has 1 aromatic rings. The van der Waals surface area contributed by atoms with Crippen LogP contribution in [0.25, 0.3) is 0 Å². The number of halogens is 3. The minimum atomic E-state index is -4.42. The Hall–Kier alpha value is -2.09. The van der Waals surface area contributed by atoms with Crippen molar-refractivity contribution in [2.45, 2.75) is 38.9 Å². The molecule has 5 nitrogen and oxygen atoms in total. The van der Waals surface area contributed by atoms with Gasteiger partial charge in [0.25, 0.3) is 0 Å². The van der Waals surface area contributed by atoms with Gasteiger partial charge in [-0.25, -0.2) is 0 Å². The number of alkyl halides is 3. The van der Waals surface area contributed by atoms with Crippen molar-refractivity contribution in [1.82, 2.24) is 4.90 Å². The second kappa shape index (κ2) is 10.0. The van der Waals surface area contributed by atoms with E-state index in [4.69, 9.17) is 0 Å². The normalized spacial score (nSPS) is 12.5. The highest BCUT2D eigenvalue weighted by Crippen LogP contribution is 2.15. The topological polar surface area (TPSA) is 58.6 Å². The van der Waals surface area contributed by atoms with Crippen molar-refractivity contribution in [1.29, 1.82) is 0 Å². The van der Waals surface area contributed by atoms with Crippen LogP contribution in [0, 0.1) is 0 Å². The van der Waals surface area contributed by atoms with Crippen LogP contribution in [-0.2, 0) is 14.3 Å². The maximum atomic E-state index is 12.3. The first-order chi connectivity index (χ1) is 11.7. The van der Waals surface area contributed by atoms with E-state index in [1.807, 2.05) is 13.0 Å². The highest BCUT2D eigenvalue weighted by molar-refractivity contribution is 5.96. The average molecular weight is 360 g/mol. The van der Waals surface area contributed by atoms with Crippen molar-refractivity contribution in [3.05, 3.63) is 30.3 Å². The fourth-order valence-corrected chi connectivity index (χ4v) is 2.18. The van der Waals surface area contributed by atoms with Crippen LogP contribution in [0.15, 0.2) is 30.3 Å². The van der Waals surface area contributed by atoms with Crippen LogP contribution in [0.5, 0.6) is 0 Å². The summed E-state index contributed by atoms with van der Waals surface area (Å²) in [6.45, 7) is 2.04. The van der Waals surface area contributed by atoms with E-state index in [9.17, 15) is 22.8 Å². The van der Waals surface area contributed by atoms with Gasteiger partial charge in [0.1, 0.15) is 12.6 Å². The van der Waals surface area contributed by atoms with Gasteiger partial charge in [0, 0.05) is 12.2 Å². The molecule has 1 atom stereocenters. The third-order valence-corrected chi connectivity index (χ3v) is 3.40. The van der Waals surface area contributed by atoms with Crippen molar-refractivity contribution >= 4 is 17.5 Å². The molecule has 0 saturated carbocycles. The zero-order chi connectivity index (χ0) is 18.9. The lowest BCUT2D eigenvalue weighted by Gasteiger charge is -2.28. The monoisotopic (exact) mass is 360 g/mol. The van der Waals surface area contributed by atoms with Gasteiger partial charge in [-0.1, -0.05) is 25.1 Å². The summed E-state index contributed by atoms with van der Waals surface area (Å²) in [5.41, 5.74) is 0.608. The molecule has 0 aromatic heterocycles. The van der Waals surface area contributed by atoms with Crippen molar-refractivity contribution < 1.29 is 27.5 Å². The van der Waals surface area contributed by atoms with E-state index < -0.39 is 24.7 Å². The van der Waals surface area contributed by atoms with Crippen LogP contribution < -0.4 is 5.32 Å². The minimum absolute atomic E-state index is 0.209. The molecule has 0 saturated heterocycles. The predicted molar refractivity (Wildman–Crippen MR) is 88.0 cm³/mol. The zero-order valence-electron chi connectivity index (χ0n) is 14.3. The molecular formula is C17H23F3N2O3. The molecular weight excluding hydrogens is 337 g/mol. The van der Waals surface area contributed by atoms with Gasteiger partial charge in [0.15, 0.2) is 0 Å². The second-order valence-electron chi connectivity index (χ2n) is 5.54. The summed E-state index contributed by atoms with van der Waals surface area (Å²) in [5, 5.41) is 2.71. The van der Waals surface area contributed by atoms with Gasteiger partial charge in [0.2, 0.25) is 11.8 Å². The van der Waals surface area contributed by atoms with E-state index in [0.29, 0.717) is 18.7 Å². The van der Waals surface area contributed by atoms with Crippen LogP contribution in [-0.4, -0.2) is 48.7 Å². The number of ether oxygens (including phenoxy) is 1. The van der Waals surface area contributed by atoms with Crippen LogP contribution in [0.4, 0.5) is 18.9 Å².